The molecule has 0 radical (unpaired) electrons. The van der Waals surface area contributed by atoms with E-state index >= 15 is 0 Å². The van der Waals surface area contributed by atoms with Crippen LogP contribution in [0.25, 0.3) is 0 Å². The van der Waals surface area contributed by atoms with Gasteiger partial charge < -0.3 is 5.73 Å². The van der Waals surface area contributed by atoms with Gasteiger partial charge in [-0.2, -0.15) is 5.26 Å². The summed E-state index contributed by atoms with van der Waals surface area (Å²) in [4.78, 5) is -0.0435. The number of nitriles is 1. The first-order valence-corrected chi connectivity index (χ1v) is 7.30. The van der Waals surface area contributed by atoms with Crippen molar-refractivity contribution < 1.29 is 8.42 Å². The Hall–Kier alpha value is -2.52. The van der Waals surface area contributed by atoms with E-state index in [4.69, 9.17) is 11.0 Å². The number of benzene rings is 2. The van der Waals surface area contributed by atoms with Crippen LogP contribution in [-0.2, 0) is 10.0 Å². The fraction of sp³-hybridized carbons (Fsp3) is 0.0714. The number of anilines is 2. The normalized spacial score (nSPS) is 10.8. The molecular weight excluding hydrogens is 274 g/mol. The zero-order valence-electron chi connectivity index (χ0n) is 10.8. The molecule has 0 aliphatic rings. The summed E-state index contributed by atoms with van der Waals surface area (Å²) in [6.45, 7) is 1.87. The van der Waals surface area contributed by atoms with Crippen LogP contribution in [0.3, 0.4) is 0 Å². The lowest BCUT2D eigenvalue weighted by atomic mass is 10.2. The summed E-state index contributed by atoms with van der Waals surface area (Å²) in [6.07, 6.45) is 0. The zero-order chi connectivity index (χ0) is 14.8. The van der Waals surface area contributed by atoms with Crippen molar-refractivity contribution in [3.05, 3.63) is 53.6 Å². The van der Waals surface area contributed by atoms with Gasteiger partial charge in [0.1, 0.15) is 4.90 Å². The first-order valence-electron chi connectivity index (χ1n) is 5.81. The topological polar surface area (TPSA) is 96.0 Å². The SMILES string of the molecule is Cc1cccc(NS(=O)(=O)c2ccc(C#N)cc2N)c1. The van der Waals surface area contributed by atoms with Crippen molar-refractivity contribution in [3.63, 3.8) is 0 Å². The Kier molecular flexibility index (Phi) is 3.63. The number of nitrogens with zero attached hydrogens (tertiary/aromatic N) is 1. The van der Waals surface area contributed by atoms with Gasteiger partial charge in [0.2, 0.25) is 0 Å². The number of nitrogen functional groups attached to an aromatic ring is 1. The Morgan fingerprint density at radius 2 is 1.95 bits per heavy atom. The molecule has 0 bridgehead atoms. The fourth-order valence-corrected chi connectivity index (χ4v) is 2.95. The van der Waals surface area contributed by atoms with Gasteiger partial charge >= 0.3 is 0 Å². The van der Waals surface area contributed by atoms with E-state index in [1.807, 2.05) is 19.1 Å². The molecule has 0 saturated heterocycles. The highest BCUT2D eigenvalue weighted by atomic mass is 32.2. The molecule has 0 spiro atoms. The monoisotopic (exact) mass is 287 g/mol. The summed E-state index contributed by atoms with van der Waals surface area (Å²) in [5.41, 5.74) is 7.47. The number of nitrogens with two attached hydrogens (primary N) is 1. The number of aryl methyl sites for hydroxylation is 1. The molecule has 0 aromatic heterocycles. The summed E-state index contributed by atoms with van der Waals surface area (Å²) >= 11 is 0. The van der Waals surface area contributed by atoms with Gasteiger partial charge in [0.25, 0.3) is 10.0 Å². The summed E-state index contributed by atoms with van der Waals surface area (Å²) in [5.74, 6) is 0. The molecule has 0 atom stereocenters. The van der Waals surface area contributed by atoms with Crippen LogP contribution in [0.1, 0.15) is 11.1 Å². The fourth-order valence-electron chi connectivity index (χ4n) is 1.78. The Labute approximate surface area is 117 Å². The van der Waals surface area contributed by atoms with E-state index in [0.717, 1.165) is 5.56 Å². The lowest BCUT2D eigenvalue weighted by Gasteiger charge is -2.10. The maximum Gasteiger partial charge on any atom is 0.263 e. The highest BCUT2D eigenvalue weighted by Crippen LogP contribution is 2.22. The molecular formula is C14H13N3O2S. The van der Waals surface area contributed by atoms with E-state index in [2.05, 4.69) is 4.72 Å². The highest BCUT2D eigenvalue weighted by molar-refractivity contribution is 7.92. The minimum absolute atomic E-state index is 0.0435. The molecule has 2 aromatic carbocycles. The number of hydrogen-bond donors (Lipinski definition) is 2. The highest BCUT2D eigenvalue weighted by Gasteiger charge is 2.17. The first kappa shape index (κ1) is 13.9. The minimum atomic E-state index is -3.77. The van der Waals surface area contributed by atoms with Gasteiger partial charge in [-0.15, -0.1) is 0 Å². The van der Waals surface area contributed by atoms with Crippen LogP contribution < -0.4 is 10.5 Å². The van der Waals surface area contributed by atoms with Crippen molar-refractivity contribution in [1.82, 2.24) is 0 Å². The summed E-state index contributed by atoms with van der Waals surface area (Å²) in [6, 6.07) is 13.0. The molecule has 20 heavy (non-hydrogen) atoms. The van der Waals surface area contributed by atoms with Gasteiger partial charge in [-0.3, -0.25) is 4.72 Å². The second-order valence-corrected chi connectivity index (χ2v) is 5.99. The minimum Gasteiger partial charge on any atom is -0.398 e. The van der Waals surface area contributed by atoms with Crippen LogP contribution in [0.5, 0.6) is 0 Å². The quantitative estimate of drug-likeness (QED) is 0.846. The second-order valence-electron chi connectivity index (χ2n) is 4.34. The molecule has 102 valence electrons. The molecule has 5 nitrogen and oxygen atoms in total. The Balaban J connectivity index is 2.39. The van der Waals surface area contributed by atoms with Gasteiger partial charge in [-0.1, -0.05) is 12.1 Å². The second kappa shape index (κ2) is 5.23. The molecule has 0 heterocycles. The van der Waals surface area contributed by atoms with Crippen molar-refractivity contribution in [2.24, 2.45) is 0 Å². The van der Waals surface area contributed by atoms with E-state index in [9.17, 15) is 8.42 Å². The Morgan fingerprint density at radius 1 is 1.20 bits per heavy atom. The molecule has 0 saturated carbocycles. The van der Waals surface area contributed by atoms with Crippen molar-refractivity contribution >= 4 is 21.4 Å². The van der Waals surface area contributed by atoms with E-state index in [1.54, 1.807) is 18.2 Å². The third kappa shape index (κ3) is 2.90. The summed E-state index contributed by atoms with van der Waals surface area (Å²) in [7, 11) is -3.77. The predicted octanol–water partition coefficient (Wildman–Crippen LogP) is 2.25. The van der Waals surface area contributed by atoms with Crippen molar-refractivity contribution in [3.8, 4) is 6.07 Å². The number of nitrogens with one attached hydrogen (secondary N) is 1. The zero-order valence-corrected chi connectivity index (χ0v) is 11.6. The molecule has 0 unspecified atom stereocenters. The maximum atomic E-state index is 12.3. The lowest BCUT2D eigenvalue weighted by Crippen LogP contribution is -2.15. The molecule has 0 aliphatic heterocycles. The van der Waals surface area contributed by atoms with Gasteiger partial charge in [-0.25, -0.2) is 8.42 Å². The van der Waals surface area contributed by atoms with E-state index in [1.165, 1.54) is 18.2 Å². The molecule has 0 aliphatic carbocycles. The molecule has 0 fully saturated rings. The summed E-state index contributed by atoms with van der Waals surface area (Å²) < 4.78 is 27.0. The summed E-state index contributed by atoms with van der Waals surface area (Å²) in [5, 5.41) is 8.75. The van der Waals surface area contributed by atoms with Gasteiger partial charge in [-0.05, 0) is 42.8 Å². The molecule has 3 N–H and O–H groups in total. The number of rotatable bonds is 3. The molecule has 2 rings (SSSR count). The van der Waals surface area contributed by atoms with Crippen molar-refractivity contribution in [1.29, 1.82) is 5.26 Å². The third-order valence-corrected chi connectivity index (χ3v) is 4.15. The Bertz CT molecular complexity index is 792. The van der Waals surface area contributed by atoms with Crippen LogP contribution >= 0.6 is 0 Å². The largest absolute Gasteiger partial charge is 0.398 e. The smallest absolute Gasteiger partial charge is 0.263 e. The van der Waals surface area contributed by atoms with Crippen molar-refractivity contribution in [2.45, 2.75) is 11.8 Å². The Morgan fingerprint density at radius 3 is 2.55 bits per heavy atom. The van der Waals surface area contributed by atoms with Crippen LogP contribution in [0.2, 0.25) is 0 Å². The molecule has 0 amide bonds. The standard InChI is InChI=1S/C14H13N3O2S/c1-10-3-2-4-12(7-10)17-20(18,19)14-6-5-11(9-15)8-13(14)16/h2-8,17H,16H2,1H3. The van der Waals surface area contributed by atoms with E-state index < -0.39 is 10.0 Å². The van der Waals surface area contributed by atoms with Gasteiger partial charge in [0, 0.05) is 5.69 Å². The van der Waals surface area contributed by atoms with Crippen LogP contribution in [0.4, 0.5) is 11.4 Å². The molecule has 6 heteroatoms. The van der Waals surface area contributed by atoms with Gasteiger partial charge in [0.15, 0.2) is 0 Å². The molecule has 2 aromatic rings. The maximum absolute atomic E-state index is 12.3. The van der Waals surface area contributed by atoms with E-state index in [-0.39, 0.29) is 10.6 Å². The lowest BCUT2D eigenvalue weighted by molar-refractivity contribution is 0.601. The third-order valence-electron chi connectivity index (χ3n) is 2.70. The average Bonchev–Trinajstić information content (AvgIpc) is 2.37. The van der Waals surface area contributed by atoms with Crippen LogP contribution in [-0.4, -0.2) is 8.42 Å². The number of hydrogen-bond acceptors (Lipinski definition) is 4. The van der Waals surface area contributed by atoms with E-state index in [0.29, 0.717) is 11.3 Å². The average molecular weight is 287 g/mol. The number of sulfonamides is 1. The predicted molar refractivity (Wildman–Crippen MR) is 77.6 cm³/mol. The van der Waals surface area contributed by atoms with Crippen molar-refractivity contribution in [2.75, 3.05) is 10.5 Å². The first-order chi connectivity index (χ1) is 9.42. The van der Waals surface area contributed by atoms with Gasteiger partial charge in [0.05, 0.1) is 17.3 Å². The van der Waals surface area contributed by atoms with Crippen LogP contribution in [0.15, 0.2) is 47.4 Å². The van der Waals surface area contributed by atoms with Crippen LogP contribution in [0, 0.1) is 18.3 Å².